The van der Waals surface area contributed by atoms with E-state index in [0.717, 1.165) is 22.0 Å². The van der Waals surface area contributed by atoms with Crippen LogP contribution in [0.4, 0.5) is 5.82 Å². The molecule has 236 valence electrons. The second-order valence-electron chi connectivity index (χ2n) is 10.6. The number of hydrogen-bond donors (Lipinski definition) is 1. The van der Waals surface area contributed by atoms with Crippen molar-refractivity contribution in [1.29, 1.82) is 0 Å². The number of nitrogens with zero attached hydrogens (tertiary/aromatic N) is 4. The highest BCUT2D eigenvalue weighted by Gasteiger charge is 2.41. The van der Waals surface area contributed by atoms with Crippen LogP contribution in [0, 0.1) is 0 Å². The number of hydrogen-bond acceptors (Lipinski definition) is 9. The summed E-state index contributed by atoms with van der Waals surface area (Å²) in [6, 6.07) is 24.8. The minimum absolute atomic E-state index is 0.0845. The number of para-hydroxylation sites is 2. The number of nitrogens with two attached hydrogens (primary N) is 1. The molecule has 0 fully saturated rings. The Morgan fingerprint density at radius 3 is 2.33 bits per heavy atom. The van der Waals surface area contributed by atoms with Gasteiger partial charge in [-0.05, 0) is 51.6 Å². The maximum absolute atomic E-state index is 14.6. The number of aromatic nitrogens is 3. The van der Waals surface area contributed by atoms with E-state index in [0.29, 0.717) is 29.5 Å². The Balaban J connectivity index is 1.44. The smallest absolute Gasteiger partial charge is 0.460 e. The van der Waals surface area contributed by atoms with Crippen LogP contribution in [0.25, 0.3) is 21.9 Å². The van der Waals surface area contributed by atoms with Gasteiger partial charge in [0.2, 0.25) is 0 Å². The number of imidazole rings is 1. The lowest BCUT2D eigenvalue weighted by atomic mass is 10.2. The molecule has 0 radical (unpaired) electrons. The highest BCUT2D eigenvalue weighted by molar-refractivity contribution is 7.51. The molecule has 5 aromatic rings. The quantitative estimate of drug-likeness (QED) is 0.109. The molecule has 0 aliphatic rings. The molecule has 12 heteroatoms. The lowest BCUT2D eigenvalue weighted by Crippen LogP contribution is -2.37. The number of ether oxygens (including phenoxy) is 2. The van der Waals surface area contributed by atoms with Crippen molar-refractivity contribution in [2.75, 3.05) is 19.4 Å². The van der Waals surface area contributed by atoms with E-state index in [1.54, 1.807) is 38.1 Å². The molecular weight excluding hydrogens is 593 g/mol. The molecule has 11 nitrogen and oxygen atoms in total. The maximum atomic E-state index is 14.6. The average Bonchev–Trinajstić information content (AvgIpc) is 3.41. The van der Waals surface area contributed by atoms with Crippen LogP contribution in [-0.2, 0) is 43.1 Å². The molecule has 45 heavy (non-hydrogen) atoms. The van der Waals surface area contributed by atoms with Gasteiger partial charge in [0.1, 0.15) is 36.3 Å². The van der Waals surface area contributed by atoms with Gasteiger partial charge in [-0.2, -0.15) is 4.67 Å². The molecule has 0 spiro atoms. The average molecular weight is 632 g/mol. The van der Waals surface area contributed by atoms with Gasteiger partial charge in [0.15, 0.2) is 5.82 Å². The van der Waals surface area contributed by atoms with Gasteiger partial charge in [0, 0.05) is 12.0 Å². The molecule has 2 N–H and O–H groups in total. The predicted molar refractivity (Wildman–Crippen MR) is 173 cm³/mol. The first kappa shape index (κ1) is 32.1. The minimum atomic E-state index is -4.14. The zero-order valence-electron chi connectivity index (χ0n) is 25.8. The Bertz CT molecular complexity index is 1800. The van der Waals surface area contributed by atoms with Crippen LogP contribution in [0.1, 0.15) is 32.2 Å². The van der Waals surface area contributed by atoms with Gasteiger partial charge in [-0.3, -0.25) is 9.32 Å². The second-order valence-corrected chi connectivity index (χ2v) is 12.6. The third kappa shape index (κ3) is 7.34. The van der Waals surface area contributed by atoms with Gasteiger partial charge in [0.25, 0.3) is 0 Å². The fourth-order valence-electron chi connectivity index (χ4n) is 4.91. The van der Waals surface area contributed by atoms with E-state index in [4.69, 9.17) is 29.2 Å². The van der Waals surface area contributed by atoms with Gasteiger partial charge in [-0.15, -0.1) is 0 Å². The zero-order valence-corrected chi connectivity index (χ0v) is 26.7. The summed E-state index contributed by atoms with van der Waals surface area (Å²) >= 11 is 0. The molecule has 0 saturated heterocycles. The molecule has 2 heterocycles. The number of likely N-dealkylation sites (N-methyl/N-ethyl adjacent to an activating group) is 1. The highest BCUT2D eigenvalue weighted by atomic mass is 31.2. The van der Waals surface area contributed by atoms with E-state index in [1.807, 2.05) is 72.2 Å². The number of rotatable bonds is 14. The molecule has 0 aliphatic carbocycles. The molecule has 0 bridgehead atoms. The van der Waals surface area contributed by atoms with E-state index in [2.05, 4.69) is 4.98 Å². The third-order valence-corrected chi connectivity index (χ3v) is 9.54. The number of pyridine rings is 1. The number of anilines is 1. The molecule has 3 aromatic carbocycles. The van der Waals surface area contributed by atoms with Gasteiger partial charge in [-0.1, -0.05) is 66.7 Å². The maximum Gasteiger partial charge on any atom is 0.462 e. The number of benzene rings is 3. The molecular formula is C33H38N5O6P. The molecule has 0 amide bonds. The Morgan fingerprint density at radius 1 is 0.956 bits per heavy atom. The molecule has 0 unspecified atom stereocenters. The largest absolute Gasteiger partial charge is 0.462 e. The molecule has 3 atom stereocenters. The Labute approximate surface area is 262 Å². The number of carbonyl (C=O) groups excluding carboxylic acids is 1. The summed E-state index contributed by atoms with van der Waals surface area (Å²) in [5.41, 5.74) is 9.22. The standard InChI is InChI=1S/C33H38N5O6P/c1-5-41-22-29-36-30-31(27-18-12-13-19-28(27)35-32(30)34)38(29)20-23(2)43-45(40,44-26-16-10-7-11-17-26)37(4)24(3)33(39)42-21-25-14-8-6-9-15-25/h6-19,23-24H,5,20-22H2,1-4H3,(H2,34,35)/t23-,24+,45+/m1/s1. The van der Waals surface area contributed by atoms with Crippen LogP contribution in [0.3, 0.4) is 0 Å². The molecule has 5 rings (SSSR count). The van der Waals surface area contributed by atoms with E-state index < -0.39 is 25.9 Å². The zero-order chi connectivity index (χ0) is 32.0. The van der Waals surface area contributed by atoms with Crippen molar-refractivity contribution in [3.8, 4) is 5.75 Å². The monoisotopic (exact) mass is 631 g/mol. The summed E-state index contributed by atoms with van der Waals surface area (Å²) < 4.78 is 41.5. The first-order valence-electron chi connectivity index (χ1n) is 14.8. The summed E-state index contributed by atoms with van der Waals surface area (Å²) in [4.78, 5) is 22.4. The van der Waals surface area contributed by atoms with Gasteiger partial charge >= 0.3 is 13.7 Å². The van der Waals surface area contributed by atoms with Crippen molar-refractivity contribution >= 4 is 41.5 Å². The van der Waals surface area contributed by atoms with E-state index in [9.17, 15) is 9.36 Å². The third-order valence-electron chi connectivity index (χ3n) is 7.35. The second kappa shape index (κ2) is 14.2. The molecule has 2 aromatic heterocycles. The first-order chi connectivity index (χ1) is 21.7. The van der Waals surface area contributed by atoms with Gasteiger partial charge in [0.05, 0.1) is 23.7 Å². The molecule has 0 aliphatic heterocycles. The number of fused-ring (bicyclic) bond motifs is 3. The number of esters is 1. The lowest BCUT2D eigenvalue weighted by molar-refractivity contribution is -0.149. The van der Waals surface area contributed by atoms with Gasteiger partial charge in [-0.25, -0.2) is 14.5 Å². The fraction of sp³-hybridized carbons (Fsp3) is 0.303. The number of nitrogen functional groups attached to an aromatic ring is 1. The Kier molecular flexibility index (Phi) is 10.1. The van der Waals surface area contributed by atoms with Crippen molar-refractivity contribution in [2.45, 2.75) is 52.7 Å². The molecule has 0 saturated carbocycles. The predicted octanol–water partition coefficient (Wildman–Crippen LogP) is 6.36. The van der Waals surface area contributed by atoms with E-state index in [-0.39, 0.29) is 19.8 Å². The van der Waals surface area contributed by atoms with E-state index in [1.165, 1.54) is 11.7 Å². The van der Waals surface area contributed by atoms with Crippen LogP contribution < -0.4 is 10.3 Å². The van der Waals surface area contributed by atoms with Crippen molar-refractivity contribution in [2.24, 2.45) is 0 Å². The summed E-state index contributed by atoms with van der Waals surface area (Å²) in [6.07, 6.45) is -0.680. The van der Waals surface area contributed by atoms with Gasteiger partial charge < -0.3 is 24.3 Å². The van der Waals surface area contributed by atoms with Crippen molar-refractivity contribution < 1.29 is 27.9 Å². The Morgan fingerprint density at radius 2 is 1.62 bits per heavy atom. The topological polar surface area (TPSA) is 131 Å². The fourth-order valence-corrected chi connectivity index (χ4v) is 6.66. The van der Waals surface area contributed by atoms with Crippen LogP contribution in [0.5, 0.6) is 5.75 Å². The summed E-state index contributed by atoms with van der Waals surface area (Å²) in [6.45, 7) is 6.34. The highest BCUT2D eigenvalue weighted by Crippen LogP contribution is 2.53. The minimum Gasteiger partial charge on any atom is -0.460 e. The van der Waals surface area contributed by atoms with Crippen LogP contribution >= 0.6 is 7.75 Å². The normalized spacial score (nSPS) is 14.3. The van der Waals surface area contributed by atoms with Crippen LogP contribution in [0.2, 0.25) is 0 Å². The summed E-state index contributed by atoms with van der Waals surface area (Å²) in [5, 5.41) is 0.861. The van der Waals surface area contributed by atoms with Crippen molar-refractivity contribution in [3.63, 3.8) is 0 Å². The lowest BCUT2D eigenvalue weighted by Gasteiger charge is -2.32. The summed E-state index contributed by atoms with van der Waals surface area (Å²) in [7, 11) is -2.61. The SMILES string of the molecule is CCOCc1nc2c(N)nc3ccccc3c2n1C[C@@H](C)O[P@](=O)(Oc1ccccc1)N(C)[C@@H](C)C(=O)OCc1ccccc1. The van der Waals surface area contributed by atoms with Crippen molar-refractivity contribution in [3.05, 3.63) is 96.3 Å². The summed E-state index contributed by atoms with van der Waals surface area (Å²) in [5.74, 6) is 0.690. The van der Waals surface area contributed by atoms with Crippen LogP contribution in [0.15, 0.2) is 84.9 Å². The number of carbonyl (C=O) groups is 1. The van der Waals surface area contributed by atoms with Crippen molar-refractivity contribution in [1.82, 2.24) is 19.2 Å². The Hall–Kier alpha value is -4.28. The van der Waals surface area contributed by atoms with E-state index >= 15 is 0 Å². The first-order valence-corrected chi connectivity index (χ1v) is 16.3. The van der Waals surface area contributed by atoms with Crippen LogP contribution in [-0.4, -0.2) is 51.0 Å².